The molecule has 4 nitrogen and oxygen atoms in total. The molecule has 0 fully saturated rings. The third-order valence-electron chi connectivity index (χ3n) is 4.21. The quantitative estimate of drug-likeness (QED) is 0.918. The van der Waals surface area contributed by atoms with E-state index in [1.807, 2.05) is 13.3 Å². The van der Waals surface area contributed by atoms with Crippen LogP contribution in [-0.2, 0) is 25.9 Å². The average molecular weight is 287 g/mol. The van der Waals surface area contributed by atoms with Crippen LogP contribution in [-0.4, -0.2) is 15.6 Å². The summed E-state index contributed by atoms with van der Waals surface area (Å²) < 4.78 is 8.18. The first kappa shape index (κ1) is 14.4. The second kappa shape index (κ2) is 6.06. The number of furan rings is 1. The van der Waals surface area contributed by atoms with Gasteiger partial charge in [0.15, 0.2) is 0 Å². The minimum atomic E-state index is 0.489. The van der Waals surface area contributed by atoms with Gasteiger partial charge >= 0.3 is 0 Å². The fraction of sp³-hybridized carbons (Fsp3) is 0.588. The third kappa shape index (κ3) is 3.21. The highest BCUT2D eigenvalue weighted by Crippen LogP contribution is 2.22. The Labute approximate surface area is 126 Å². The number of nitrogens with zero attached hydrogens (tertiary/aromatic N) is 2. The molecule has 0 atom stereocenters. The number of fused-ring (bicyclic) bond motifs is 1. The Kier molecular flexibility index (Phi) is 4.15. The van der Waals surface area contributed by atoms with Gasteiger partial charge in [-0.3, -0.25) is 0 Å². The van der Waals surface area contributed by atoms with Gasteiger partial charge in [0.1, 0.15) is 11.5 Å². The summed E-state index contributed by atoms with van der Waals surface area (Å²) in [5.74, 6) is 2.05. The zero-order valence-electron chi connectivity index (χ0n) is 13.3. The lowest BCUT2D eigenvalue weighted by molar-refractivity contribution is 0.460. The van der Waals surface area contributed by atoms with E-state index in [1.165, 1.54) is 29.8 Å². The van der Waals surface area contributed by atoms with Crippen LogP contribution in [0.25, 0.3) is 0 Å². The summed E-state index contributed by atoms with van der Waals surface area (Å²) in [7, 11) is 0. The van der Waals surface area contributed by atoms with Gasteiger partial charge in [-0.05, 0) is 38.7 Å². The van der Waals surface area contributed by atoms with Crippen molar-refractivity contribution in [3.05, 3.63) is 40.9 Å². The minimum Gasteiger partial charge on any atom is -0.464 e. The molecular weight excluding hydrogens is 262 g/mol. The first-order chi connectivity index (χ1) is 10.1. The van der Waals surface area contributed by atoms with Gasteiger partial charge in [0.05, 0.1) is 18.6 Å². The van der Waals surface area contributed by atoms with Gasteiger partial charge in [0.2, 0.25) is 0 Å². The summed E-state index contributed by atoms with van der Waals surface area (Å²) in [4.78, 5) is 4.55. The number of aryl methyl sites for hydroxylation is 2. The normalized spacial score (nSPS) is 14.7. The topological polar surface area (TPSA) is 43.0 Å². The van der Waals surface area contributed by atoms with E-state index >= 15 is 0 Å². The van der Waals surface area contributed by atoms with Crippen molar-refractivity contribution in [2.75, 3.05) is 0 Å². The fourth-order valence-corrected chi connectivity index (χ4v) is 2.99. The number of imidazole rings is 1. The molecule has 114 valence electrons. The maximum absolute atomic E-state index is 5.92. The van der Waals surface area contributed by atoms with Crippen molar-refractivity contribution in [2.24, 2.45) is 0 Å². The highest BCUT2D eigenvalue weighted by Gasteiger charge is 2.16. The standard InChI is InChI=1S/C17H25N3O/c1-12(2)18-9-14-8-15(21-13(14)3)10-20-11-19-16-6-4-5-7-17(16)20/h8,11-12,18H,4-7,9-10H2,1-3H3. The van der Waals surface area contributed by atoms with Crippen LogP contribution in [0.3, 0.4) is 0 Å². The SMILES string of the molecule is Cc1oc(Cn2cnc3c2CCCC3)cc1CNC(C)C. The highest BCUT2D eigenvalue weighted by atomic mass is 16.3. The van der Waals surface area contributed by atoms with Gasteiger partial charge in [-0.2, -0.15) is 0 Å². The van der Waals surface area contributed by atoms with E-state index in [0.29, 0.717) is 6.04 Å². The summed E-state index contributed by atoms with van der Waals surface area (Å²) in [6, 6.07) is 2.67. The lowest BCUT2D eigenvalue weighted by Crippen LogP contribution is -2.21. The van der Waals surface area contributed by atoms with Crippen LogP contribution in [0.1, 0.15) is 55.2 Å². The van der Waals surface area contributed by atoms with Gasteiger partial charge in [-0.25, -0.2) is 4.98 Å². The van der Waals surface area contributed by atoms with Crippen LogP contribution in [0.2, 0.25) is 0 Å². The minimum absolute atomic E-state index is 0.489. The third-order valence-corrected chi connectivity index (χ3v) is 4.21. The molecule has 1 aliphatic carbocycles. The molecular formula is C17H25N3O. The van der Waals surface area contributed by atoms with E-state index in [9.17, 15) is 0 Å². The Morgan fingerprint density at radius 3 is 2.95 bits per heavy atom. The van der Waals surface area contributed by atoms with Crippen LogP contribution in [0.15, 0.2) is 16.8 Å². The maximum atomic E-state index is 5.92. The van der Waals surface area contributed by atoms with Crippen molar-refractivity contribution < 1.29 is 4.42 Å². The van der Waals surface area contributed by atoms with Crippen molar-refractivity contribution >= 4 is 0 Å². The van der Waals surface area contributed by atoms with Crippen LogP contribution in [0.4, 0.5) is 0 Å². The first-order valence-corrected chi connectivity index (χ1v) is 7.98. The second-order valence-electron chi connectivity index (χ2n) is 6.30. The Morgan fingerprint density at radius 1 is 1.33 bits per heavy atom. The molecule has 0 bridgehead atoms. The molecule has 0 amide bonds. The number of aromatic nitrogens is 2. The van der Waals surface area contributed by atoms with E-state index in [1.54, 1.807) is 0 Å². The molecule has 0 spiro atoms. The summed E-state index contributed by atoms with van der Waals surface area (Å²) >= 11 is 0. The van der Waals surface area contributed by atoms with Crippen molar-refractivity contribution in [1.29, 1.82) is 0 Å². The van der Waals surface area contributed by atoms with Crippen molar-refractivity contribution in [1.82, 2.24) is 14.9 Å². The van der Waals surface area contributed by atoms with Crippen molar-refractivity contribution in [3.8, 4) is 0 Å². The number of nitrogens with one attached hydrogen (secondary N) is 1. The molecule has 3 rings (SSSR count). The van der Waals surface area contributed by atoms with E-state index < -0.39 is 0 Å². The molecule has 2 heterocycles. The number of rotatable bonds is 5. The van der Waals surface area contributed by atoms with Gasteiger partial charge in [0, 0.05) is 23.8 Å². The van der Waals surface area contributed by atoms with Crippen LogP contribution >= 0.6 is 0 Å². The van der Waals surface area contributed by atoms with Gasteiger partial charge in [-0.15, -0.1) is 0 Å². The molecule has 0 aromatic carbocycles. The molecule has 0 saturated carbocycles. The van der Waals surface area contributed by atoms with Crippen molar-refractivity contribution in [2.45, 2.75) is 65.6 Å². The molecule has 2 aromatic heterocycles. The first-order valence-electron chi connectivity index (χ1n) is 7.98. The predicted molar refractivity (Wildman–Crippen MR) is 83.4 cm³/mol. The highest BCUT2D eigenvalue weighted by molar-refractivity contribution is 5.23. The molecule has 0 radical (unpaired) electrons. The summed E-state index contributed by atoms with van der Waals surface area (Å²) in [5, 5.41) is 3.45. The zero-order valence-corrected chi connectivity index (χ0v) is 13.3. The van der Waals surface area contributed by atoms with Gasteiger partial charge < -0.3 is 14.3 Å². The monoisotopic (exact) mass is 287 g/mol. The smallest absolute Gasteiger partial charge is 0.124 e. The Hall–Kier alpha value is -1.55. The summed E-state index contributed by atoms with van der Waals surface area (Å²) in [6.45, 7) is 8.03. The molecule has 1 aliphatic rings. The van der Waals surface area contributed by atoms with Crippen molar-refractivity contribution in [3.63, 3.8) is 0 Å². The molecule has 4 heteroatoms. The molecule has 21 heavy (non-hydrogen) atoms. The lowest BCUT2D eigenvalue weighted by Gasteiger charge is -2.13. The van der Waals surface area contributed by atoms with Gasteiger partial charge in [-0.1, -0.05) is 13.8 Å². The van der Waals surface area contributed by atoms with E-state index in [-0.39, 0.29) is 0 Å². The molecule has 0 aliphatic heterocycles. The van der Waals surface area contributed by atoms with Crippen LogP contribution in [0.5, 0.6) is 0 Å². The molecule has 0 saturated heterocycles. The van der Waals surface area contributed by atoms with E-state index in [2.05, 4.69) is 34.8 Å². The largest absolute Gasteiger partial charge is 0.464 e. The maximum Gasteiger partial charge on any atom is 0.124 e. The Bertz CT molecular complexity index is 610. The fourth-order valence-electron chi connectivity index (χ4n) is 2.99. The second-order valence-corrected chi connectivity index (χ2v) is 6.30. The molecule has 2 aromatic rings. The Balaban J connectivity index is 1.73. The zero-order chi connectivity index (χ0) is 14.8. The average Bonchev–Trinajstić information content (AvgIpc) is 3.01. The lowest BCUT2D eigenvalue weighted by atomic mass is 10.0. The Morgan fingerprint density at radius 2 is 2.14 bits per heavy atom. The molecule has 1 N–H and O–H groups in total. The number of hydrogen-bond acceptors (Lipinski definition) is 3. The predicted octanol–water partition coefficient (Wildman–Crippen LogP) is 3.21. The summed E-state index contributed by atoms with van der Waals surface area (Å²) in [6.07, 6.45) is 6.80. The van der Waals surface area contributed by atoms with E-state index in [0.717, 1.165) is 37.5 Å². The van der Waals surface area contributed by atoms with Crippen LogP contribution in [0, 0.1) is 6.92 Å². The number of hydrogen-bond donors (Lipinski definition) is 1. The summed E-state index contributed by atoms with van der Waals surface area (Å²) in [5.41, 5.74) is 3.94. The van der Waals surface area contributed by atoms with Crippen LogP contribution < -0.4 is 5.32 Å². The van der Waals surface area contributed by atoms with Gasteiger partial charge in [0.25, 0.3) is 0 Å². The molecule has 0 unspecified atom stereocenters. The van der Waals surface area contributed by atoms with E-state index in [4.69, 9.17) is 4.42 Å².